The van der Waals surface area contributed by atoms with E-state index in [1.54, 1.807) is 6.08 Å². The van der Waals surface area contributed by atoms with Gasteiger partial charge < -0.3 is 14.3 Å². The standard InChI is InChI=1S/C8H14O3.C6H10/c1-2-3-8(4-5-9)10-6-7-11-8;1-3-5-6-4-2/h5H,2-4,6-7H2,1H3;3,5-6H,1,4H2,2H3/b;6-5+. The number of carbonyl (C=O) groups is 1. The maximum Gasteiger partial charge on any atom is 0.175 e. The van der Waals surface area contributed by atoms with Gasteiger partial charge in [-0.15, -0.1) is 0 Å². The van der Waals surface area contributed by atoms with Crippen molar-refractivity contribution in [3.8, 4) is 0 Å². The molecule has 3 heteroatoms. The average Bonchev–Trinajstić information content (AvgIpc) is 2.77. The third kappa shape index (κ3) is 7.08. The van der Waals surface area contributed by atoms with Gasteiger partial charge in [-0.1, -0.05) is 45.1 Å². The number of hydrogen-bond acceptors (Lipinski definition) is 3. The molecule has 0 radical (unpaired) electrons. The Bertz CT molecular complexity index is 228. The summed E-state index contributed by atoms with van der Waals surface area (Å²) in [4.78, 5) is 10.3. The minimum absolute atomic E-state index is 0.362. The van der Waals surface area contributed by atoms with E-state index >= 15 is 0 Å². The summed E-state index contributed by atoms with van der Waals surface area (Å²) in [5.41, 5.74) is 0. The fourth-order valence-corrected chi connectivity index (χ4v) is 1.60. The van der Waals surface area contributed by atoms with E-state index in [-0.39, 0.29) is 0 Å². The average molecular weight is 240 g/mol. The number of allylic oxidation sites excluding steroid dienone is 3. The molecule has 0 N–H and O–H groups in total. The van der Waals surface area contributed by atoms with Crippen LogP contribution in [-0.4, -0.2) is 25.3 Å². The molecule has 0 aromatic carbocycles. The number of carbonyl (C=O) groups excluding carboxylic acids is 1. The first-order valence-electron chi connectivity index (χ1n) is 6.23. The van der Waals surface area contributed by atoms with Crippen LogP contribution in [0.15, 0.2) is 24.8 Å². The smallest absolute Gasteiger partial charge is 0.175 e. The van der Waals surface area contributed by atoms with E-state index in [1.165, 1.54) is 0 Å². The molecule has 0 unspecified atom stereocenters. The Labute approximate surface area is 104 Å². The Hall–Kier alpha value is -0.930. The minimum Gasteiger partial charge on any atom is -0.347 e. The summed E-state index contributed by atoms with van der Waals surface area (Å²) in [6.45, 7) is 8.90. The molecule has 3 nitrogen and oxygen atoms in total. The lowest BCUT2D eigenvalue weighted by Crippen LogP contribution is -2.30. The van der Waals surface area contributed by atoms with Crippen LogP contribution in [0.1, 0.15) is 39.5 Å². The van der Waals surface area contributed by atoms with Gasteiger partial charge in [-0.25, -0.2) is 0 Å². The predicted molar refractivity (Wildman–Crippen MR) is 69.9 cm³/mol. The molecule has 1 aliphatic rings. The van der Waals surface area contributed by atoms with Crippen molar-refractivity contribution in [1.29, 1.82) is 0 Å². The second kappa shape index (κ2) is 10.2. The fourth-order valence-electron chi connectivity index (χ4n) is 1.60. The van der Waals surface area contributed by atoms with Gasteiger partial charge in [-0.2, -0.15) is 0 Å². The molecule has 0 aliphatic carbocycles. The van der Waals surface area contributed by atoms with Crippen LogP contribution in [0.3, 0.4) is 0 Å². The van der Waals surface area contributed by atoms with Crippen molar-refractivity contribution in [3.63, 3.8) is 0 Å². The highest BCUT2D eigenvalue weighted by molar-refractivity contribution is 5.50. The van der Waals surface area contributed by atoms with Crippen molar-refractivity contribution in [2.75, 3.05) is 13.2 Å². The van der Waals surface area contributed by atoms with Crippen molar-refractivity contribution in [3.05, 3.63) is 24.8 Å². The molecular formula is C14H24O3. The molecule has 1 fully saturated rings. The van der Waals surface area contributed by atoms with Gasteiger partial charge in [0.25, 0.3) is 0 Å². The largest absolute Gasteiger partial charge is 0.347 e. The Kier molecular flexibility index (Phi) is 9.68. The van der Waals surface area contributed by atoms with Crippen LogP contribution in [0.2, 0.25) is 0 Å². The lowest BCUT2D eigenvalue weighted by molar-refractivity contribution is -0.167. The van der Waals surface area contributed by atoms with E-state index in [0.717, 1.165) is 25.5 Å². The number of aldehydes is 1. The zero-order valence-electron chi connectivity index (χ0n) is 11.0. The highest BCUT2D eigenvalue weighted by atomic mass is 16.7. The van der Waals surface area contributed by atoms with Crippen molar-refractivity contribution in [1.82, 2.24) is 0 Å². The Morgan fingerprint density at radius 3 is 2.29 bits per heavy atom. The molecule has 0 aromatic rings. The molecule has 0 saturated carbocycles. The summed E-state index contributed by atoms with van der Waals surface area (Å²) in [5.74, 6) is -0.573. The maximum absolute atomic E-state index is 10.3. The molecule has 1 saturated heterocycles. The van der Waals surface area contributed by atoms with Gasteiger partial charge in [0.05, 0.1) is 19.6 Å². The summed E-state index contributed by atoms with van der Waals surface area (Å²) in [6, 6.07) is 0. The van der Waals surface area contributed by atoms with Gasteiger partial charge in [0.1, 0.15) is 6.29 Å². The predicted octanol–water partition coefficient (Wildman–Crippen LogP) is 3.26. The molecule has 0 atom stereocenters. The molecule has 1 rings (SSSR count). The molecule has 1 aliphatic heterocycles. The van der Waals surface area contributed by atoms with Crippen molar-refractivity contribution < 1.29 is 14.3 Å². The second-order valence-corrected chi connectivity index (χ2v) is 3.80. The topological polar surface area (TPSA) is 35.5 Å². The van der Waals surface area contributed by atoms with Crippen molar-refractivity contribution in [2.45, 2.75) is 45.3 Å². The summed E-state index contributed by atoms with van der Waals surface area (Å²) < 4.78 is 10.7. The molecule has 17 heavy (non-hydrogen) atoms. The molecule has 0 spiro atoms. The van der Waals surface area contributed by atoms with E-state index in [4.69, 9.17) is 9.47 Å². The van der Waals surface area contributed by atoms with Crippen LogP contribution < -0.4 is 0 Å². The number of hydrogen-bond donors (Lipinski definition) is 0. The van der Waals surface area contributed by atoms with Crippen LogP contribution >= 0.6 is 0 Å². The summed E-state index contributed by atoms with van der Waals surface area (Å²) in [7, 11) is 0. The van der Waals surface area contributed by atoms with Gasteiger partial charge in [-0.05, 0) is 6.42 Å². The van der Waals surface area contributed by atoms with Gasteiger partial charge in [-0.3, -0.25) is 0 Å². The summed E-state index contributed by atoms with van der Waals surface area (Å²) >= 11 is 0. The van der Waals surface area contributed by atoms with Crippen LogP contribution in [0, 0.1) is 0 Å². The molecule has 0 aromatic heterocycles. The van der Waals surface area contributed by atoms with Gasteiger partial charge >= 0.3 is 0 Å². The Morgan fingerprint density at radius 1 is 1.29 bits per heavy atom. The van der Waals surface area contributed by atoms with E-state index < -0.39 is 5.79 Å². The summed E-state index contributed by atoms with van der Waals surface area (Å²) in [5, 5.41) is 0. The third-order valence-electron chi connectivity index (χ3n) is 2.35. The fraction of sp³-hybridized carbons (Fsp3) is 0.643. The molecule has 1 heterocycles. The van der Waals surface area contributed by atoms with Gasteiger partial charge in [0.15, 0.2) is 5.79 Å². The summed E-state index contributed by atoms with van der Waals surface area (Å²) in [6.07, 6.45) is 9.91. The van der Waals surface area contributed by atoms with Crippen LogP contribution in [0.4, 0.5) is 0 Å². The number of rotatable bonds is 6. The quantitative estimate of drug-likeness (QED) is 0.528. The Balaban J connectivity index is 0.000000366. The van der Waals surface area contributed by atoms with E-state index in [2.05, 4.69) is 26.5 Å². The lowest BCUT2D eigenvalue weighted by Gasteiger charge is -2.24. The molecular weight excluding hydrogens is 216 g/mol. The second-order valence-electron chi connectivity index (χ2n) is 3.80. The lowest BCUT2D eigenvalue weighted by atomic mass is 10.1. The Morgan fingerprint density at radius 2 is 1.94 bits per heavy atom. The molecule has 98 valence electrons. The third-order valence-corrected chi connectivity index (χ3v) is 2.35. The maximum atomic E-state index is 10.3. The van der Waals surface area contributed by atoms with Crippen LogP contribution in [-0.2, 0) is 14.3 Å². The number of ether oxygens (including phenoxy) is 2. The van der Waals surface area contributed by atoms with Crippen LogP contribution in [0.25, 0.3) is 0 Å². The molecule has 0 amide bonds. The molecule has 0 bridgehead atoms. The SMILES string of the molecule is C=C/C=C/CC.CCCC1(CC=O)OCCO1. The van der Waals surface area contributed by atoms with Gasteiger partial charge in [0.2, 0.25) is 0 Å². The first kappa shape index (κ1) is 16.1. The zero-order valence-corrected chi connectivity index (χ0v) is 11.0. The van der Waals surface area contributed by atoms with E-state index in [1.807, 2.05) is 6.08 Å². The van der Waals surface area contributed by atoms with Crippen molar-refractivity contribution in [2.24, 2.45) is 0 Å². The first-order chi connectivity index (χ1) is 8.24. The van der Waals surface area contributed by atoms with Crippen LogP contribution in [0.5, 0.6) is 0 Å². The van der Waals surface area contributed by atoms with Gasteiger partial charge in [0, 0.05) is 6.42 Å². The zero-order chi connectivity index (χ0) is 13.0. The van der Waals surface area contributed by atoms with E-state index in [9.17, 15) is 4.79 Å². The monoisotopic (exact) mass is 240 g/mol. The highest BCUT2D eigenvalue weighted by Gasteiger charge is 2.34. The van der Waals surface area contributed by atoms with Crippen molar-refractivity contribution >= 4 is 6.29 Å². The highest BCUT2D eigenvalue weighted by Crippen LogP contribution is 2.27. The van der Waals surface area contributed by atoms with E-state index in [0.29, 0.717) is 19.6 Å². The normalized spacial score (nSPS) is 17.5. The first-order valence-corrected chi connectivity index (χ1v) is 6.23. The minimum atomic E-state index is -0.573.